The SMILES string of the molecule is CCCNC(c1cnccn1)c1cn[nH]n1. The first-order valence-electron chi connectivity index (χ1n) is 5.26. The zero-order valence-electron chi connectivity index (χ0n) is 9.09. The summed E-state index contributed by atoms with van der Waals surface area (Å²) < 4.78 is 0. The van der Waals surface area contributed by atoms with Gasteiger partial charge >= 0.3 is 0 Å². The molecule has 0 fully saturated rings. The maximum Gasteiger partial charge on any atom is 0.106 e. The van der Waals surface area contributed by atoms with Crippen LogP contribution in [0, 0.1) is 0 Å². The second kappa shape index (κ2) is 5.32. The molecule has 0 radical (unpaired) electrons. The van der Waals surface area contributed by atoms with Gasteiger partial charge in [0.05, 0.1) is 24.1 Å². The van der Waals surface area contributed by atoms with E-state index in [1.165, 1.54) is 0 Å². The first-order valence-corrected chi connectivity index (χ1v) is 5.26. The molecule has 0 aliphatic carbocycles. The van der Waals surface area contributed by atoms with E-state index < -0.39 is 0 Å². The smallest absolute Gasteiger partial charge is 0.106 e. The minimum absolute atomic E-state index is 0.0487. The van der Waals surface area contributed by atoms with E-state index in [0.29, 0.717) is 0 Å². The minimum Gasteiger partial charge on any atom is -0.304 e. The average molecular weight is 218 g/mol. The number of hydrogen-bond donors (Lipinski definition) is 2. The summed E-state index contributed by atoms with van der Waals surface area (Å²) in [6, 6.07) is -0.0487. The molecule has 2 aromatic heterocycles. The van der Waals surface area contributed by atoms with Crippen LogP contribution in [0.25, 0.3) is 0 Å². The van der Waals surface area contributed by atoms with Crippen LogP contribution in [0.4, 0.5) is 0 Å². The summed E-state index contributed by atoms with van der Waals surface area (Å²) in [5.41, 5.74) is 1.68. The van der Waals surface area contributed by atoms with Crippen molar-refractivity contribution in [2.45, 2.75) is 19.4 Å². The molecule has 0 aliphatic heterocycles. The predicted octanol–water partition coefficient (Wildman–Crippen LogP) is 0.684. The third-order valence-corrected chi connectivity index (χ3v) is 2.21. The lowest BCUT2D eigenvalue weighted by Gasteiger charge is -2.14. The number of rotatable bonds is 5. The van der Waals surface area contributed by atoms with Gasteiger partial charge in [-0.05, 0) is 13.0 Å². The lowest BCUT2D eigenvalue weighted by atomic mass is 10.1. The van der Waals surface area contributed by atoms with Crippen molar-refractivity contribution in [2.75, 3.05) is 6.54 Å². The Kier molecular flexibility index (Phi) is 3.55. The lowest BCUT2D eigenvalue weighted by molar-refractivity contribution is 0.571. The number of hydrogen-bond acceptors (Lipinski definition) is 5. The fourth-order valence-corrected chi connectivity index (χ4v) is 1.46. The quantitative estimate of drug-likeness (QED) is 0.771. The highest BCUT2D eigenvalue weighted by Gasteiger charge is 2.16. The Labute approximate surface area is 93.5 Å². The molecule has 0 spiro atoms. The van der Waals surface area contributed by atoms with E-state index in [0.717, 1.165) is 24.4 Å². The molecule has 0 saturated carbocycles. The van der Waals surface area contributed by atoms with Crippen LogP contribution in [-0.2, 0) is 0 Å². The highest BCUT2D eigenvalue weighted by atomic mass is 15.3. The maximum atomic E-state index is 4.28. The van der Waals surface area contributed by atoms with Crippen molar-refractivity contribution >= 4 is 0 Å². The highest BCUT2D eigenvalue weighted by molar-refractivity contribution is 5.16. The Bertz CT molecular complexity index is 399. The predicted molar refractivity (Wildman–Crippen MR) is 58.6 cm³/mol. The highest BCUT2D eigenvalue weighted by Crippen LogP contribution is 2.15. The van der Waals surface area contributed by atoms with Crippen molar-refractivity contribution in [2.24, 2.45) is 0 Å². The Morgan fingerprint density at radius 1 is 1.31 bits per heavy atom. The van der Waals surface area contributed by atoms with E-state index >= 15 is 0 Å². The standard InChI is InChI=1S/C10H14N6/c1-2-3-13-10(9-7-14-16-15-9)8-6-11-4-5-12-8/h4-7,10,13H,2-3H2,1H3,(H,14,15,16). The molecule has 2 N–H and O–H groups in total. The molecule has 0 aromatic carbocycles. The third-order valence-electron chi connectivity index (χ3n) is 2.21. The van der Waals surface area contributed by atoms with E-state index in [1.54, 1.807) is 24.8 Å². The molecule has 0 saturated heterocycles. The summed E-state index contributed by atoms with van der Waals surface area (Å²) in [5, 5.41) is 13.9. The van der Waals surface area contributed by atoms with Gasteiger partial charge in [-0.2, -0.15) is 15.4 Å². The van der Waals surface area contributed by atoms with Crippen LogP contribution in [0.15, 0.2) is 24.8 Å². The monoisotopic (exact) mass is 218 g/mol. The summed E-state index contributed by atoms with van der Waals surface area (Å²) in [5.74, 6) is 0. The van der Waals surface area contributed by atoms with Gasteiger partial charge in [-0.3, -0.25) is 9.97 Å². The fourth-order valence-electron chi connectivity index (χ4n) is 1.46. The van der Waals surface area contributed by atoms with E-state index in [9.17, 15) is 0 Å². The van der Waals surface area contributed by atoms with Crippen LogP contribution in [-0.4, -0.2) is 31.9 Å². The van der Waals surface area contributed by atoms with Gasteiger partial charge in [0.2, 0.25) is 0 Å². The molecule has 16 heavy (non-hydrogen) atoms. The van der Waals surface area contributed by atoms with E-state index in [2.05, 4.69) is 37.6 Å². The van der Waals surface area contributed by atoms with Crippen molar-refractivity contribution in [1.29, 1.82) is 0 Å². The summed E-state index contributed by atoms with van der Waals surface area (Å²) in [7, 11) is 0. The third kappa shape index (κ3) is 2.40. The van der Waals surface area contributed by atoms with Gasteiger partial charge in [-0.15, -0.1) is 0 Å². The first kappa shape index (κ1) is 10.7. The Hall–Kier alpha value is -1.82. The molecule has 0 bridgehead atoms. The van der Waals surface area contributed by atoms with Gasteiger partial charge in [-0.1, -0.05) is 6.92 Å². The van der Waals surface area contributed by atoms with Crippen molar-refractivity contribution in [3.05, 3.63) is 36.2 Å². The summed E-state index contributed by atoms with van der Waals surface area (Å²) >= 11 is 0. The normalized spacial score (nSPS) is 12.6. The average Bonchev–Trinajstić information content (AvgIpc) is 2.85. The van der Waals surface area contributed by atoms with Crippen LogP contribution >= 0.6 is 0 Å². The number of aromatic amines is 1. The fraction of sp³-hybridized carbons (Fsp3) is 0.400. The molecule has 1 atom stereocenters. The number of aromatic nitrogens is 5. The van der Waals surface area contributed by atoms with Crippen LogP contribution in [0.3, 0.4) is 0 Å². The molecule has 0 amide bonds. The second-order valence-corrected chi connectivity index (χ2v) is 3.41. The van der Waals surface area contributed by atoms with Crippen LogP contribution in [0.5, 0.6) is 0 Å². The molecular weight excluding hydrogens is 204 g/mol. The molecule has 0 aliphatic rings. The molecule has 2 rings (SSSR count). The van der Waals surface area contributed by atoms with Crippen molar-refractivity contribution in [1.82, 2.24) is 30.7 Å². The molecule has 2 aromatic rings. The van der Waals surface area contributed by atoms with Crippen molar-refractivity contribution in [3.8, 4) is 0 Å². The zero-order valence-corrected chi connectivity index (χ0v) is 9.09. The van der Waals surface area contributed by atoms with Crippen molar-refractivity contribution < 1.29 is 0 Å². The molecule has 1 unspecified atom stereocenters. The number of nitrogens with one attached hydrogen (secondary N) is 2. The Morgan fingerprint density at radius 2 is 2.25 bits per heavy atom. The number of H-pyrrole nitrogens is 1. The topological polar surface area (TPSA) is 79.4 Å². The Balaban J connectivity index is 2.21. The molecular formula is C10H14N6. The minimum atomic E-state index is -0.0487. The van der Waals surface area contributed by atoms with E-state index in [1.807, 2.05) is 0 Å². The van der Waals surface area contributed by atoms with Gasteiger partial charge in [-0.25, -0.2) is 0 Å². The van der Waals surface area contributed by atoms with Crippen molar-refractivity contribution in [3.63, 3.8) is 0 Å². The second-order valence-electron chi connectivity index (χ2n) is 3.41. The maximum absolute atomic E-state index is 4.28. The molecule has 2 heterocycles. The van der Waals surface area contributed by atoms with E-state index in [-0.39, 0.29) is 6.04 Å². The van der Waals surface area contributed by atoms with Gasteiger partial charge in [0.25, 0.3) is 0 Å². The van der Waals surface area contributed by atoms with Gasteiger partial charge < -0.3 is 5.32 Å². The summed E-state index contributed by atoms with van der Waals surface area (Å²) in [4.78, 5) is 8.34. The van der Waals surface area contributed by atoms with Crippen LogP contribution < -0.4 is 5.32 Å². The van der Waals surface area contributed by atoms with Gasteiger partial charge in [0.1, 0.15) is 5.69 Å². The Morgan fingerprint density at radius 3 is 2.88 bits per heavy atom. The molecule has 6 nitrogen and oxygen atoms in total. The number of nitrogens with zero attached hydrogens (tertiary/aromatic N) is 4. The van der Waals surface area contributed by atoms with Crippen LogP contribution in [0.2, 0.25) is 0 Å². The molecule has 84 valence electrons. The summed E-state index contributed by atoms with van der Waals surface area (Å²) in [6.45, 7) is 3.01. The summed E-state index contributed by atoms with van der Waals surface area (Å²) in [6.07, 6.45) is 7.82. The zero-order chi connectivity index (χ0) is 11.2. The largest absolute Gasteiger partial charge is 0.304 e. The van der Waals surface area contributed by atoms with Crippen LogP contribution in [0.1, 0.15) is 30.8 Å². The van der Waals surface area contributed by atoms with E-state index in [4.69, 9.17) is 0 Å². The lowest BCUT2D eigenvalue weighted by Crippen LogP contribution is -2.24. The first-order chi connectivity index (χ1) is 7.92. The van der Waals surface area contributed by atoms with Gasteiger partial charge in [0.15, 0.2) is 0 Å². The molecule has 6 heteroatoms. The van der Waals surface area contributed by atoms with Gasteiger partial charge in [0, 0.05) is 12.4 Å².